The number of rotatable bonds is 10. The molecule has 0 bridgehead atoms. The van der Waals surface area contributed by atoms with Gasteiger partial charge in [-0.05, 0) is 56.3 Å². The van der Waals surface area contributed by atoms with E-state index in [0.717, 1.165) is 12.2 Å². The Morgan fingerprint density at radius 3 is 1.36 bits per heavy atom. The minimum Gasteiger partial charge on any atom is -0.438 e. The van der Waals surface area contributed by atoms with Gasteiger partial charge in [-0.2, -0.15) is 0 Å². The Bertz CT molecular complexity index is 1450. The molecule has 12 heteroatoms. The van der Waals surface area contributed by atoms with Gasteiger partial charge in [0.2, 0.25) is 0 Å². The first-order valence-electron chi connectivity index (χ1n) is 13.3. The van der Waals surface area contributed by atoms with Gasteiger partial charge in [0.05, 0.1) is 21.4 Å². The van der Waals surface area contributed by atoms with Crippen LogP contribution in [0.1, 0.15) is 13.8 Å². The molecule has 230 valence electrons. The van der Waals surface area contributed by atoms with Crippen LogP contribution in [0.4, 0.5) is 32.3 Å². The van der Waals surface area contributed by atoms with Gasteiger partial charge in [-0.15, -0.1) is 0 Å². The van der Waals surface area contributed by atoms with Crippen LogP contribution >= 0.6 is 23.2 Å². The molecule has 0 spiro atoms. The van der Waals surface area contributed by atoms with Gasteiger partial charge in [-0.3, -0.25) is 19.6 Å². The summed E-state index contributed by atoms with van der Waals surface area (Å²) in [5, 5.41) is 0.529. The lowest BCUT2D eigenvalue weighted by atomic mass is 10.2. The van der Waals surface area contributed by atoms with E-state index in [1.807, 2.05) is 0 Å². The third-order valence-electron chi connectivity index (χ3n) is 6.45. The van der Waals surface area contributed by atoms with E-state index in [1.165, 1.54) is 47.5 Å². The van der Waals surface area contributed by atoms with E-state index in [9.17, 15) is 19.2 Å². The monoisotopic (exact) mass is 638 g/mol. The van der Waals surface area contributed by atoms with Gasteiger partial charge < -0.3 is 9.47 Å². The highest BCUT2D eigenvalue weighted by molar-refractivity contribution is 6.34. The van der Waals surface area contributed by atoms with E-state index >= 15 is 0 Å². The molecule has 0 heterocycles. The fourth-order valence-corrected chi connectivity index (χ4v) is 4.65. The molecule has 3 aromatic carbocycles. The van der Waals surface area contributed by atoms with Crippen LogP contribution < -0.4 is 19.6 Å². The van der Waals surface area contributed by atoms with Gasteiger partial charge in [0.15, 0.2) is 12.5 Å². The molecule has 0 saturated heterocycles. The number of ether oxygens (including phenoxy) is 2. The quantitative estimate of drug-likeness (QED) is 0.132. The first kappa shape index (κ1) is 33.7. The molecule has 3 rings (SSSR count). The molecule has 0 N–H and O–H groups in total. The lowest BCUT2D eigenvalue weighted by Crippen LogP contribution is -2.48. The highest BCUT2D eigenvalue weighted by atomic mass is 35.5. The summed E-state index contributed by atoms with van der Waals surface area (Å²) in [4.78, 5) is 56.9. The van der Waals surface area contributed by atoms with E-state index in [1.54, 1.807) is 72.8 Å². The number of benzene rings is 3. The molecule has 0 aliphatic heterocycles. The number of urea groups is 2. The van der Waals surface area contributed by atoms with Crippen LogP contribution in [0.2, 0.25) is 10.0 Å². The number of anilines is 4. The first-order chi connectivity index (χ1) is 20.9. The standard InChI is InChI=1S/C32H32Cl2N4O6/c1-7-29(39)43-21(3)37(27-18-11-9-16-25(27)33)31(41)35(5)23-14-13-15-24(20-23)36(6)32(42)38(22(4)44-30(40)8-2)28-19-12-10-17-26(28)34/h7-22H,1-2H2,3-6H3. The van der Waals surface area contributed by atoms with Gasteiger partial charge in [0.1, 0.15) is 0 Å². The van der Waals surface area contributed by atoms with Crippen LogP contribution in [0.25, 0.3) is 0 Å². The van der Waals surface area contributed by atoms with E-state index < -0.39 is 36.5 Å². The summed E-state index contributed by atoms with van der Waals surface area (Å²) in [6.45, 7) is 9.88. The molecule has 2 unspecified atom stereocenters. The third-order valence-corrected chi connectivity index (χ3v) is 7.09. The molecule has 0 aliphatic carbocycles. The number of esters is 2. The fraction of sp³-hybridized carbons (Fsp3) is 0.188. The second-order valence-corrected chi connectivity index (χ2v) is 10.1. The van der Waals surface area contributed by atoms with Crippen LogP contribution in [0.3, 0.4) is 0 Å². The summed E-state index contributed by atoms with van der Waals surface area (Å²) in [6, 6.07) is 18.8. The Morgan fingerprint density at radius 1 is 0.659 bits per heavy atom. The minimum atomic E-state index is -1.05. The molecule has 0 saturated carbocycles. The third kappa shape index (κ3) is 7.77. The normalized spacial score (nSPS) is 11.8. The fourth-order valence-electron chi connectivity index (χ4n) is 4.20. The number of carbonyl (C=O) groups excluding carboxylic acids is 4. The van der Waals surface area contributed by atoms with Gasteiger partial charge in [0.25, 0.3) is 0 Å². The van der Waals surface area contributed by atoms with Crippen molar-refractivity contribution < 1.29 is 28.7 Å². The van der Waals surface area contributed by atoms with Gasteiger partial charge in [0, 0.05) is 37.6 Å². The van der Waals surface area contributed by atoms with Crippen molar-refractivity contribution in [2.24, 2.45) is 0 Å². The number of hydrogen-bond acceptors (Lipinski definition) is 6. The molecule has 0 fully saturated rings. The molecule has 44 heavy (non-hydrogen) atoms. The van der Waals surface area contributed by atoms with Crippen molar-refractivity contribution >= 4 is 70.0 Å². The van der Waals surface area contributed by atoms with E-state index in [2.05, 4.69) is 13.2 Å². The van der Waals surface area contributed by atoms with Crippen LogP contribution in [0.5, 0.6) is 0 Å². The second kappa shape index (κ2) is 15.1. The maximum absolute atomic E-state index is 13.9. The SMILES string of the molecule is C=CC(=O)OC(C)N(C(=O)N(C)c1cccc(N(C)C(=O)N(c2ccccc2Cl)C(C)OC(=O)C=C)c1)c1ccccc1Cl. The average Bonchev–Trinajstić information content (AvgIpc) is 3.02. The molecule has 3 aromatic rings. The molecule has 0 radical (unpaired) electrons. The summed E-state index contributed by atoms with van der Waals surface area (Å²) in [5.41, 5.74) is 1.44. The van der Waals surface area contributed by atoms with E-state index in [4.69, 9.17) is 32.7 Å². The largest absolute Gasteiger partial charge is 0.438 e. The lowest BCUT2D eigenvalue weighted by molar-refractivity contribution is -0.142. The van der Waals surface area contributed by atoms with E-state index in [0.29, 0.717) is 22.7 Å². The van der Waals surface area contributed by atoms with Gasteiger partial charge >= 0.3 is 24.0 Å². The molecular formula is C32H32Cl2N4O6. The van der Waals surface area contributed by atoms with Gasteiger partial charge in [-0.25, -0.2) is 19.2 Å². The van der Waals surface area contributed by atoms with Crippen LogP contribution in [-0.4, -0.2) is 50.6 Å². The van der Waals surface area contributed by atoms with Crippen molar-refractivity contribution in [3.05, 3.63) is 108 Å². The highest BCUT2D eigenvalue weighted by Crippen LogP contribution is 2.32. The zero-order valence-corrected chi connectivity index (χ0v) is 26.2. The predicted octanol–water partition coefficient (Wildman–Crippen LogP) is 7.27. The molecule has 2 atom stereocenters. The summed E-state index contributed by atoms with van der Waals surface area (Å²) in [5.74, 6) is -1.44. The number of amides is 4. The van der Waals surface area contributed by atoms with Crippen LogP contribution in [0, 0.1) is 0 Å². The molecule has 0 aliphatic rings. The predicted molar refractivity (Wildman–Crippen MR) is 173 cm³/mol. The number of para-hydroxylation sites is 2. The van der Waals surface area contributed by atoms with Crippen LogP contribution in [-0.2, 0) is 19.1 Å². The number of halogens is 2. The Balaban J connectivity index is 1.97. The first-order valence-corrected chi connectivity index (χ1v) is 14.1. The van der Waals surface area contributed by atoms with Gasteiger partial charge in [-0.1, -0.05) is 66.7 Å². The number of hydrogen-bond donors (Lipinski definition) is 0. The average molecular weight is 640 g/mol. The zero-order chi connectivity index (χ0) is 32.6. The van der Waals surface area contributed by atoms with Crippen molar-refractivity contribution in [3.8, 4) is 0 Å². The topological polar surface area (TPSA) is 99.7 Å². The van der Waals surface area contributed by atoms with Crippen molar-refractivity contribution in [2.45, 2.75) is 26.3 Å². The Kier molecular flexibility index (Phi) is 11.6. The van der Waals surface area contributed by atoms with Crippen molar-refractivity contribution in [1.82, 2.24) is 0 Å². The summed E-state index contributed by atoms with van der Waals surface area (Å²) in [6.07, 6.45) is -0.105. The molecule has 0 aromatic heterocycles. The highest BCUT2D eigenvalue weighted by Gasteiger charge is 2.32. The van der Waals surface area contributed by atoms with Crippen molar-refractivity contribution in [1.29, 1.82) is 0 Å². The Hall–Kier alpha value is -4.80. The Labute approximate surface area is 266 Å². The van der Waals surface area contributed by atoms with Crippen LogP contribution in [0.15, 0.2) is 98.1 Å². The summed E-state index contributed by atoms with van der Waals surface area (Å²) in [7, 11) is 3.06. The number of carbonyl (C=O) groups is 4. The lowest BCUT2D eigenvalue weighted by Gasteiger charge is -2.34. The van der Waals surface area contributed by atoms with Crippen molar-refractivity contribution in [3.63, 3.8) is 0 Å². The summed E-state index contributed by atoms with van der Waals surface area (Å²) >= 11 is 12.8. The number of nitrogens with zero attached hydrogens (tertiary/aromatic N) is 4. The summed E-state index contributed by atoms with van der Waals surface area (Å²) < 4.78 is 10.7. The molecule has 4 amide bonds. The Morgan fingerprint density at radius 2 is 1.02 bits per heavy atom. The maximum Gasteiger partial charge on any atom is 0.332 e. The second-order valence-electron chi connectivity index (χ2n) is 9.33. The zero-order valence-electron chi connectivity index (χ0n) is 24.6. The minimum absolute atomic E-state index is 0.265. The van der Waals surface area contributed by atoms with E-state index in [-0.39, 0.29) is 10.0 Å². The van der Waals surface area contributed by atoms with Crippen molar-refractivity contribution in [2.75, 3.05) is 33.7 Å². The smallest absolute Gasteiger partial charge is 0.332 e. The molecular weight excluding hydrogens is 607 g/mol. The molecule has 10 nitrogen and oxygen atoms in total. The maximum atomic E-state index is 13.9.